The molecule has 14 N–H and O–H groups in total. The number of rotatable bonds is 27. The van der Waals surface area contributed by atoms with Crippen LogP contribution in [0.5, 0.6) is 5.75 Å². The van der Waals surface area contributed by atoms with Crippen molar-refractivity contribution in [3.05, 3.63) is 53.5 Å². The first-order chi connectivity index (χ1) is 36.4. The fourth-order valence-electron chi connectivity index (χ4n) is 7.78. The zero-order chi connectivity index (χ0) is 55.3. The van der Waals surface area contributed by atoms with Gasteiger partial charge in [0.25, 0.3) is 5.91 Å². The van der Waals surface area contributed by atoms with Gasteiger partial charge in [0.1, 0.15) is 32.4 Å². The van der Waals surface area contributed by atoms with Crippen molar-refractivity contribution < 1.29 is 95.5 Å². The molecular formula is C44H62N12O20. The minimum Gasteiger partial charge on any atom is -0.478 e. The maximum Gasteiger partial charge on any atom is 0.508 e. The molecule has 0 unspecified atom stereocenters. The quantitative estimate of drug-likeness (QED) is 0.00602. The number of benzene rings is 1. The number of methoxy groups -OCH3 is 2. The predicted octanol–water partition coefficient (Wildman–Crippen LogP) is -3.22. The van der Waals surface area contributed by atoms with Crippen molar-refractivity contribution in [2.24, 2.45) is 11.5 Å². The Bertz CT molecular complexity index is 2320. The van der Waals surface area contributed by atoms with E-state index in [1.54, 1.807) is 24.3 Å². The van der Waals surface area contributed by atoms with Gasteiger partial charge >= 0.3 is 30.3 Å². The molecule has 5 rings (SSSR count). The Kier molecular flexibility index (Phi) is 22.3. The van der Waals surface area contributed by atoms with Crippen LogP contribution in [0, 0.1) is 10.8 Å². The van der Waals surface area contributed by atoms with Gasteiger partial charge in [-0.2, -0.15) is 0 Å². The van der Waals surface area contributed by atoms with E-state index in [2.05, 4.69) is 42.5 Å². The number of carbonyl (C=O) groups is 8. The molecule has 0 aromatic heterocycles. The average molecular weight is 1080 g/mol. The lowest BCUT2D eigenvalue weighted by Crippen LogP contribution is -2.64. The Hall–Kier alpha value is -8.36. The molecule has 2 fully saturated rings. The van der Waals surface area contributed by atoms with Gasteiger partial charge in [0.05, 0.1) is 38.4 Å². The third-order valence-electron chi connectivity index (χ3n) is 11.1. The Balaban J connectivity index is 1.01. The van der Waals surface area contributed by atoms with Gasteiger partial charge in [-0.1, -0.05) is 0 Å². The monoisotopic (exact) mass is 1080 g/mol. The molecule has 10 atom stereocenters. The summed E-state index contributed by atoms with van der Waals surface area (Å²) in [6, 6.07) is 2.20. The van der Waals surface area contributed by atoms with E-state index in [1.165, 1.54) is 26.0 Å². The van der Waals surface area contributed by atoms with Crippen molar-refractivity contribution in [1.82, 2.24) is 42.5 Å². The first kappa shape index (κ1) is 58.5. The molecule has 0 aliphatic carbocycles. The van der Waals surface area contributed by atoms with Gasteiger partial charge in [-0.25, -0.2) is 33.7 Å². The van der Waals surface area contributed by atoms with Crippen molar-refractivity contribution in [2.45, 2.75) is 87.5 Å². The third kappa shape index (κ3) is 17.7. The van der Waals surface area contributed by atoms with E-state index in [9.17, 15) is 38.4 Å². The maximum atomic E-state index is 13.1. The second-order valence-electron chi connectivity index (χ2n) is 16.7. The normalized spacial score (nSPS) is 23.2. The lowest BCUT2D eigenvalue weighted by atomic mass is 9.91. The SMILES string of the molecule is COC(=O)C1=C[C@H](NC(=N)N)[C@H](NC(C)=O)[C@H]([C@H](OC(=O)NCCCNCOc2ccc(C(=O)NCCCNCOO[C@@H]([C@@H]3OC(C(=O)OC)=C[C@H](NC(=N)N)[C@H]3NC(C)=O)[C@H]3COC(=O)O3)cc2)[C@H]2COC(=O)O2)O1. The second kappa shape index (κ2) is 28.9. The molecule has 76 heavy (non-hydrogen) atoms. The summed E-state index contributed by atoms with van der Waals surface area (Å²) in [5.74, 6) is -4.41. The van der Waals surface area contributed by atoms with Gasteiger partial charge in [-0.05, 0) is 62.3 Å². The fraction of sp³-hybridized carbons (Fsp3) is 0.545. The maximum absolute atomic E-state index is 13.1. The van der Waals surface area contributed by atoms with Crippen LogP contribution in [0.4, 0.5) is 14.4 Å². The molecule has 418 valence electrons. The predicted molar refractivity (Wildman–Crippen MR) is 254 cm³/mol. The number of hydrogen-bond acceptors (Lipinski definition) is 24. The summed E-state index contributed by atoms with van der Waals surface area (Å²) in [6.07, 6.45) is -7.44. The van der Waals surface area contributed by atoms with Crippen LogP contribution in [0.1, 0.15) is 37.0 Å². The van der Waals surface area contributed by atoms with Crippen LogP contribution in [-0.4, -0.2) is 188 Å². The fourth-order valence-corrected chi connectivity index (χ4v) is 7.78. The molecule has 2 saturated heterocycles. The van der Waals surface area contributed by atoms with Crippen LogP contribution >= 0.6 is 0 Å². The molecule has 4 amide bonds. The zero-order valence-corrected chi connectivity index (χ0v) is 41.6. The van der Waals surface area contributed by atoms with Crippen LogP contribution in [0.3, 0.4) is 0 Å². The highest BCUT2D eigenvalue weighted by molar-refractivity contribution is 5.94. The van der Waals surface area contributed by atoms with Gasteiger partial charge in [-0.15, -0.1) is 0 Å². The lowest BCUT2D eigenvalue weighted by molar-refractivity contribution is -0.355. The van der Waals surface area contributed by atoms with Crippen molar-refractivity contribution in [2.75, 3.05) is 67.1 Å². The van der Waals surface area contributed by atoms with Gasteiger partial charge in [0.2, 0.25) is 23.3 Å². The minimum absolute atomic E-state index is 0.0731. The number of nitrogens with one attached hydrogen (secondary N) is 10. The van der Waals surface area contributed by atoms with Crippen molar-refractivity contribution in [1.29, 1.82) is 10.8 Å². The van der Waals surface area contributed by atoms with E-state index in [4.69, 9.17) is 79.4 Å². The number of amides is 4. The molecule has 1 aromatic rings. The summed E-state index contributed by atoms with van der Waals surface area (Å²) in [4.78, 5) is 110. The summed E-state index contributed by atoms with van der Waals surface area (Å²) in [5.41, 5.74) is 11.5. The minimum atomic E-state index is -1.46. The molecule has 4 aliphatic heterocycles. The summed E-state index contributed by atoms with van der Waals surface area (Å²) in [7, 11) is 2.23. The molecule has 0 bridgehead atoms. The Morgan fingerprint density at radius 1 is 0.658 bits per heavy atom. The smallest absolute Gasteiger partial charge is 0.478 e. The van der Waals surface area contributed by atoms with Crippen LogP contribution in [0.25, 0.3) is 0 Å². The van der Waals surface area contributed by atoms with Crippen LogP contribution in [0.2, 0.25) is 0 Å². The van der Waals surface area contributed by atoms with E-state index in [-0.39, 0.29) is 57.2 Å². The molecule has 32 heteroatoms. The number of carbonyl (C=O) groups excluding carboxylic acids is 8. The molecule has 4 aliphatic rings. The zero-order valence-electron chi connectivity index (χ0n) is 41.6. The van der Waals surface area contributed by atoms with E-state index in [0.717, 1.165) is 14.2 Å². The summed E-state index contributed by atoms with van der Waals surface area (Å²) >= 11 is 0. The van der Waals surface area contributed by atoms with Crippen molar-refractivity contribution in [3.63, 3.8) is 0 Å². The summed E-state index contributed by atoms with van der Waals surface area (Å²) in [6.45, 7) is 2.76. The summed E-state index contributed by atoms with van der Waals surface area (Å²) in [5, 5.41) is 37.5. The van der Waals surface area contributed by atoms with Crippen molar-refractivity contribution >= 4 is 60.0 Å². The number of alkyl carbamates (subject to hydrolysis) is 1. The van der Waals surface area contributed by atoms with Crippen LogP contribution < -0.4 is 58.7 Å². The van der Waals surface area contributed by atoms with E-state index < -0.39 is 115 Å². The topological polar surface area (TPSA) is 443 Å². The Morgan fingerprint density at radius 2 is 1.14 bits per heavy atom. The van der Waals surface area contributed by atoms with E-state index in [0.29, 0.717) is 37.2 Å². The highest BCUT2D eigenvalue weighted by Crippen LogP contribution is 2.30. The van der Waals surface area contributed by atoms with Crippen LogP contribution in [-0.2, 0) is 71.6 Å². The molecule has 4 heterocycles. The number of nitrogens with two attached hydrogens (primary N) is 2. The molecule has 1 aromatic carbocycles. The second-order valence-corrected chi connectivity index (χ2v) is 16.7. The molecule has 0 radical (unpaired) electrons. The molecule has 32 nitrogen and oxygen atoms in total. The largest absolute Gasteiger partial charge is 0.508 e. The van der Waals surface area contributed by atoms with Crippen molar-refractivity contribution in [3.8, 4) is 5.75 Å². The first-order valence-electron chi connectivity index (χ1n) is 23.4. The molecule has 0 saturated carbocycles. The number of guanidine groups is 2. The Morgan fingerprint density at radius 3 is 1.62 bits per heavy atom. The standard InChI is InChI=1S/C44H62N12O20/c1-21(57)53-31-25(55-40(45)46)15-27(38(60)65-3)71-35(31)33(29-17-67-43(63)73-29)75-42(62)52-14-6-11-49-19-69-24-9-7-23(8-10-24)37(59)51-13-5-12-50-20-70-76-34(30-18-68-44(64)74-30)36-32(54-22(2)58)26(56-41(47)48)16-28(72-36)39(61)66-4/h7-10,15-16,25-26,29-36,49-50H,5-6,11-14,17-20H2,1-4H3,(H,51,59)(H,52,62)(H,53,57)(H,54,58)(H4,45,46,55)(H4,47,48,56)/t25-,26-,29+,30+,31-,32+,33+,34+,35+,36+/m0/s1. The number of ether oxygens (including phenoxy) is 10. The van der Waals surface area contributed by atoms with Gasteiger partial charge in [-0.3, -0.25) is 35.8 Å². The van der Waals surface area contributed by atoms with E-state index >= 15 is 0 Å². The van der Waals surface area contributed by atoms with Gasteiger partial charge in [0.15, 0.2) is 48.5 Å². The van der Waals surface area contributed by atoms with Gasteiger partial charge < -0.3 is 90.7 Å². The summed E-state index contributed by atoms with van der Waals surface area (Å²) < 4.78 is 53.0. The highest BCUT2D eigenvalue weighted by Gasteiger charge is 2.51. The average Bonchev–Trinajstić information content (AvgIpc) is 4.02. The van der Waals surface area contributed by atoms with Crippen LogP contribution in [0.15, 0.2) is 47.9 Å². The first-order valence-corrected chi connectivity index (χ1v) is 23.4. The van der Waals surface area contributed by atoms with E-state index in [1.807, 2.05) is 0 Å². The van der Waals surface area contributed by atoms with Gasteiger partial charge in [0, 0.05) is 32.5 Å². The number of cyclic esters (lactones) is 4. The highest BCUT2D eigenvalue weighted by atomic mass is 17.2. The molecule has 0 spiro atoms. The molecular weight excluding hydrogens is 1020 g/mol. The third-order valence-corrected chi connectivity index (χ3v) is 11.1. The number of hydrogen-bond donors (Lipinski definition) is 12. The lowest BCUT2D eigenvalue weighted by Gasteiger charge is -2.41. The number of esters is 2. The Labute approximate surface area is 433 Å².